The molecule has 0 aliphatic rings. The van der Waals surface area contributed by atoms with Gasteiger partial charge in [-0.15, -0.1) is 0 Å². The Balaban J connectivity index is 2.15. The predicted molar refractivity (Wildman–Crippen MR) is 89.4 cm³/mol. The van der Waals surface area contributed by atoms with Crippen molar-refractivity contribution < 1.29 is 0 Å². The van der Waals surface area contributed by atoms with Gasteiger partial charge < -0.3 is 5.32 Å². The minimum Gasteiger partial charge on any atom is -0.388 e. The third-order valence-electron chi connectivity index (χ3n) is 3.84. The van der Waals surface area contributed by atoms with Gasteiger partial charge in [-0.2, -0.15) is 0 Å². The third kappa shape index (κ3) is 3.63. The molecule has 20 heavy (non-hydrogen) atoms. The van der Waals surface area contributed by atoms with E-state index in [9.17, 15) is 0 Å². The van der Waals surface area contributed by atoms with Crippen molar-refractivity contribution in [2.24, 2.45) is 0 Å². The molecule has 106 valence electrons. The van der Waals surface area contributed by atoms with Gasteiger partial charge in [0.25, 0.3) is 0 Å². The normalized spacial score (nSPS) is 10.6. The van der Waals surface area contributed by atoms with E-state index < -0.39 is 0 Å². The number of benzene rings is 2. The Hall–Kier alpha value is -1.76. The predicted octanol–water partition coefficient (Wildman–Crippen LogP) is 5.44. The number of nitrogens with one attached hydrogen (secondary N) is 1. The van der Waals surface area contributed by atoms with Crippen LogP contribution in [-0.4, -0.2) is 7.05 Å². The molecule has 0 aliphatic carbocycles. The van der Waals surface area contributed by atoms with Crippen LogP contribution in [0.15, 0.2) is 42.5 Å². The topological polar surface area (TPSA) is 12.0 Å². The second-order valence-electron chi connectivity index (χ2n) is 5.43. The van der Waals surface area contributed by atoms with E-state index in [4.69, 9.17) is 0 Å². The molecule has 0 amide bonds. The van der Waals surface area contributed by atoms with Gasteiger partial charge in [0.2, 0.25) is 0 Å². The lowest BCUT2D eigenvalue weighted by Gasteiger charge is -2.10. The van der Waals surface area contributed by atoms with Gasteiger partial charge in [0.05, 0.1) is 0 Å². The molecule has 0 aliphatic heterocycles. The third-order valence-corrected chi connectivity index (χ3v) is 3.84. The van der Waals surface area contributed by atoms with Crippen molar-refractivity contribution in [2.45, 2.75) is 39.5 Å². The zero-order valence-corrected chi connectivity index (χ0v) is 12.9. The maximum atomic E-state index is 3.16. The number of anilines is 1. The summed E-state index contributed by atoms with van der Waals surface area (Å²) in [6.07, 6.45) is 5.11. The van der Waals surface area contributed by atoms with Crippen LogP contribution >= 0.6 is 0 Å². The summed E-state index contributed by atoms with van der Waals surface area (Å²) < 4.78 is 0. The molecule has 0 atom stereocenters. The summed E-state index contributed by atoms with van der Waals surface area (Å²) in [5.41, 5.74) is 6.62. The standard InChI is InChI=1S/C19H25N/c1-4-5-6-7-16-8-13-19(15(2)14-16)17-9-11-18(20-3)12-10-17/h8-14,20H,4-7H2,1-3H3. The zero-order valence-electron chi connectivity index (χ0n) is 12.9. The van der Waals surface area contributed by atoms with Crippen LogP contribution in [-0.2, 0) is 6.42 Å². The highest BCUT2D eigenvalue weighted by atomic mass is 14.8. The molecule has 0 radical (unpaired) electrons. The molecule has 2 aromatic carbocycles. The van der Waals surface area contributed by atoms with Crippen molar-refractivity contribution in [3.8, 4) is 11.1 Å². The molecule has 0 fully saturated rings. The highest BCUT2D eigenvalue weighted by molar-refractivity contribution is 5.69. The van der Waals surface area contributed by atoms with E-state index in [2.05, 4.69) is 61.6 Å². The summed E-state index contributed by atoms with van der Waals surface area (Å²) in [5.74, 6) is 0. The molecule has 2 rings (SSSR count). The molecular weight excluding hydrogens is 242 g/mol. The molecule has 0 heterocycles. The Morgan fingerprint density at radius 1 is 0.950 bits per heavy atom. The van der Waals surface area contributed by atoms with E-state index in [1.54, 1.807) is 0 Å². The lowest BCUT2D eigenvalue weighted by molar-refractivity contribution is 0.717. The maximum absolute atomic E-state index is 3.16. The van der Waals surface area contributed by atoms with Gasteiger partial charge in [0.1, 0.15) is 0 Å². The fourth-order valence-corrected chi connectivity index (χ4v) is 2.60. The van der Waals surface area contributed by atoms with E-state index in [1.165, 1.54) is 47.9 Å². The van der Waals surface area contributed by atoms with E-state index in [0.29, 0.717) is 0 Å². The molecule has 0 saturated carbocycles. The van der Waals surface area contributed by atoms with Crippen molar-refractivity contribution in [1.29, 1.82) is 0 Å². The minimum atomic E-state index is 1.16. The van der Waals surface area contributed by atoms with Crippen LogP contribution in [0, 0.1) is 6.92 Å². The van der Waals surface area contributed by atoms with Crippen molar-refractivity contribution in [2.75, 3.05) is 12.4 Å². The lowest BCUT2D eigenvalue weighted by Crippen LogP contribution is -1.91. The summed E-state index contributed by atoms with van der Waals surface area (Å²) in [6.45, 7) is 4.47. The van der Waals surface area contributed by atoms with Gasteiger partial charge in [0.15, 0.2) is 0 Å². The molecule has 0 unspecified atom stereocenters. The zero-order chi connectivity index (χ0) is 14.4. The number of hydrogen-bond donors (Lipinski definition) is 1. The van der Waals surface area contributed by atoms with Gasteiger partial charge in [-0.1, -0.05) is 50.1 Å². The molecular formula is C19H25N. The average molecular weight is 267 g/mol. The SMILES string of the molecule is CCCCCc1ccc(-c2ccc(NC)cc2)c(C)c1. The highest BCUT2D eigenvalue weighted by Crippen LogP contribution is 2.26. The number of hydrogen-bond acceptors (Lipinski definition) is 1. The molecule has 1 heteroatoms. The quantitative estimate of drug-likeness (QED) is 0.687. The van der Waals surface area contributed by atoms with Crippen molar-refractivity contribution >= 4 is 5.69 Å². The van der Waals surface area contributed by atoms with Crippen LogP contribution in [0.3, 0.4) is 0 Å². The lowest BCUT2D eigenvalue weighted by atomic mass is 9.96. The minimum absolute atomic E-state index is 1.16. The Labute approximate surface area is 123 Å². The van der Waals surface area contributed by atoms with E-state index in [1.807, 2.05) is 7.05 Å². The van der Waals surface area contributed by atoms with Crippen LogP contribution < -0.4 is 5.32 Å². The first kappa shape index (κ1) is 14.6. The monoisotopic (exact) mass is 267 g/mol. The van der Waals surface area contributed by atoms with Crippen molar-refractivity contribution in [1.82, 2.24) is 0 Å². The van der Waals surface area contributed by atoms with E-state index in [-0.39, 0.29) is 0 Å². The molecule has 1 N–H and O–H groups in total. The Morgan fingerprint density at radius 2 is 1.70 bits per heavy atom. The molecule has 2 aromatic rings. The molecule has 0 saturated heterocycles. The first-order chi connectivity index (χ1) is 9.74. The van der Waals surface area contributed by atoms with Crippen molar-refractivity contribution in [3.63, 3.8) is 0 Å². The maximum Gasteiger partial charge on any atom is 0.0337 e. The summed E-state index contributed by atoms with van der Waals surface area (Å²) in [6, 6.07) is 15.5. The van der Waals surface area contributed by atoms with Crippen LogP contribution in [0.1, 0.15) is 37.3 Å². The summed E-state index contributed by atoms with van der Waals surface area (Å²) >= 11 is 0. The fourth-order valence-electron chi connectivity index (χ4n) is 2.60. The molecule has 0 spiro atoms. The number of rotatable bonds is 6. The van der Waals surface area contributed by atoms with Gasteiger partial charge in [-0.25, -0.2) is 0 Å². The van der Waals surface area contributed by atoms with E-state index in [0.717, 1.165) is 5.69 Å². The summed E-state index contributed by atoms with van der Waals surface area (Å²) in [7, 11) is 1.95. The van der Waals surface area contributed by atoms with Crippen LogP contribution in [0.2, 0.25) is 0 Å². The molecule has 1 nitrogen and oxygen atoms in total. The fraction of sp³-hybridized carbons (Fsp3) is 0.368. The summed E-state index contributed by atoms with van der Waals surface area (Å²) in [4.78, 5) is 0. The second kappa shape index (κ2) is 7.14. The summed E-state index contributed by atoms with van der Waals surface area (Å²) in [5, 5.41) is 3.16. The van der Waals surface area contributed by atoms with Crippen LogP contribution in [0.25, 0.3) is 11.1 Å². The Morgan fingerprint density at radius 3 is 2.30 bits per heavy atom. The van der Waals surface area contributed by atoms with Gasteiger partial charge in [-0.3, -0.25) is 0 Å². The number of unbranched alkanes of at least 4 members (excludes halogenated alkanes) is 2. The highest BCUT2D eigenvalue weighted by Gasteiger charge is 2.03. The smallest absolute Gasteiger partial charge is 0.0337 e. The number of aryl methyl sites for hydroxylation is 2. The van der Waals surface area contributed by atoms with Gasteiger partial charge in [0, 0.05) is 12.7 Å². The average Bonchev–Trinajstić information content (AvgIpc) is 2.48. The largest absolute Gasteiger partial charge is 0.388 e. The van der Waals surface area contributed by atoms with E-state index >= 15 is 0 Å². The second-order valence-corrected chi connectivity index (χ2v) is 5.43. The first-order valence-electron chi connectivity index (χ1n) is 7.62. The molecule has 0 aromatic heterocycles. The Bertz CT molecular complexity index is 540. The van der Waals surface area contributed by atoms with Gasteiger partial charge in [-0.05, 0) is 54.2 Å². The molecule has 0 bridgehead atoms. The van der Waals surface area contributed by atoms with Crippen molar-refractivity contribution in [3.05, 3.63) is 53.6 Å². The first-order valence-corrected chi connectivity index (χ1v) is 7.62. The van der Waals surface area contributed by atoms with Crippen LogP contribution in [0.4, 0.5) is 5.69 Å². The van der Waals surface area contributed by atoms with Crippen LogP contribution in [0.5, 0.6) is 0 Å². The van der Waals surface area contributed by atoms with Gasteiger partial charge >= 0.3 is 0 Å². The Kier molecular flexibility index (Phi) is 5.23.